The SMILES string of the molecule is CC(O)CCN(C)Cc1nc(-c2ccc(C(C)C)cc2)no1. The monoisotopic (exact) mass is 303 g/mol. The molecule has 0 saturated carbocycles. The number of aliphatic hydroxyl groups is 1. The van der Waals surface area contributed by atoms with Gasteiger partial charge < -0.3 is 9.63 Å². The molecule has 22 heavy (non-hydrogen) atoms. The van der Waals surface area contributed by atoms with Crippen molar-refractivity contribution in [1.82, 2.24) is 15.0 Å². The summed E-state index contributed by atoms with van der Waals surface area (Å²) in [6, 6.07) is 8.26. The predicted octanol–water partition coefficient (Wildman–Crippen LogP) is 3.06. The molecule has 5 nitrogen and oxygen atoms in total. The lowest BCUT2D eigenvalue weighted by atomic mass is 10.0. The van der Waals surface area contributed by atoms with Crippen LogP contribution >= 0.6 is 0 Å². The lowest BCUT2D eigenvalue weighted by Gasteiger charge is -2.14. The third-order valence-corrected chi connectivity index (χ3v) is 3.64. The summed E-state index contributed by atoms with van der Waals surface area (Å²) >= 11 is 0. The Bertz CT molecular complexity index is 576. The van der Waals surface area contributed by atoms with E-state index >= 15 is 0 Å². The van der Waals surface area contributed by atoms with Gasteiger partial charge >= 0.3 is 0 Å². The third-order valence-electron chi connectivity index (χ3n) is 3.64. The largest absolute Gasteiger partial charge is 0.393 e. The molecule has 0 aliphatic carbocycles. The topological polar surface area (TPSA) is 62.4 Å². The van der Waals surface area contributed by atoms with Crippen LogP contribution < -0.4 is 0 Å². The van der Waals surface area contributed by atoms with E-state index in [1.54, 1.807) is 6.92 Å². The summed E-state index contributed by atoms with van der Waals surface area (Å²) in [6.07, 6.45) is 0.439. The van der Waals surface area contributed by atoms with E-state index in [2.05, 4.69) is 41.0 Å². The van der Waals surface area contributed by atoms with Crippen LogP contribution in [0, 0.1) is 0 Å². The van der Waals surface area contributed by atoms with Crippen molar-refractivity contribution < 1.29 is 9.63 Å². The molecule has 0 spiro atoms. The molecule has 1 heterocycles. The van der Waals surface area contributed by atoms with Gasteiger partial charge in [-0.05, 0) is 31.9 Å². The molecule has 1 atom stereocenters. The van der Waals surface area contributed by atoms with Crippen molar-refractivity contribution in [1.29, 1.82) is 0 Å². The second-order valence-corrected chi connectivity index (χ2v) is 6.16. The Morgan fingerprint density at radius 2 is 1.86 bits per heavy atom. The van der Waals surface area contributed by atoms with Gasteiger partial charge in [0.25, 0.3) is 0 Å². The Hall–Kier alpha value is -1.72. The first-order chi connectivity index (χ1) is 10.5. The maximum atomic E-state index is 9.30. The van der Waals surface area contributed by atoms with Gasteiger partial charge in [-0.25, -0.2) is 0 Å². The normalized spacial score (nSPS) is 13.0. The minimum Gasteiger partial charge on any atom is -0.393 e. The zero-order valence-corrected chi connectivity index (χ0v) is 13.8. The first-order valence-corrected chi connectivity index (χ1v) is 7.75. The summed E-state index contributed by atoms with van der Waals surface area (Å²) in [5.41, 5.74) is 2.26. The number of rotatable bonds is 7. The highest BCUT2D eigenvalue weighted by molar-refractivity contribution is 5.54. The van der Waals surface area contributed by atoms with Crippen molar-refractivity contribution in [2.24, 2.45) is 0 Å². The van der Waals surface area contributed by atoms with Crippen LogP contribution in [-0.4, -0.2) is 39.8 Å². The van der Waals surface area contributed by atoms with E-state index in [1.165, 1.54) is 5.56 Å². The van der Waals surface area contributed by atoms with Crippen molar-refractivity contribution in [2.75, 3.05) is 13.6 Å². The molecule has 0 amide bonds. The van der Waals surface area contributed by atoms with Gasteiger partial charge in [-0.15, -0.1) is 0 Å². The van der Waals surface area contributed by atoms with E-state index in [1.807, 2.05) is 19.2 Å². The molecular formula is C17H25N3O2. The van der Waals surface area contributed by atoms with E-state index in [9.17, 15) is 5.11 Å². The van der Waals surface area contributed by atoms with Gasteiger partial charge in [0, 0.05) is 12.1 Å². The van der Waals surface area contributed by atoms with Gasteiger partial charge in [-0.3, -0.25) is 4.90 Å². The van der Waals surface area contributed by atoms with E-state index in [-0.39, 0.29) is 6.10 Å². The van der Waals surface area contributed by atoms with E-state index in [0.29, 0.717) is 24.2 Å². The fourth-order valence-corrected chi connectivity index (χ4v) is 2.17. The molecule has 0 fully saturated rings. The molecule has 5 heteroatoms. The van der Waals surface area contributed by atoms with Gasteiger partial charge in [0.05, 0.1) is 12.6 Å². The molecule has 0 saturated heterocycles. The first-order valence-electron chi connectivity index (χ1n) is 7.75. The third kappa shape index (κ3) is 4.64. The summed E-state index contributed by atoms with van der Waals surface area (Å²) in [7, 11) is 1.98. The van der Waals surface area contributed by atoms with Crippen LogP contribution in [-0.2, 0) is 6.54 Å². The first kappa shape index (κ1) is 16.6. The van der Waals surface area contributed by atoms with Crippen molar-refractivity contribution in [3.05, 3.63) is 35.7 Å². The minimum absolute atomic E-state index is 0.292. The summed E-state index contributed by atoms with van der Waals surface area (Å²) in [5.74, 6) is 1.72. The predicted molar refractivity (Wildman–Crippen MR) is 86.5 cm³/mol. The molecule has 0 radical (unpaired) electrons. The van der Waals surface area contributed by atoms with Crippen LogP contribution in [0.1, 0.15) is 44.6 Å². The van der Waals surface area contributed by atoms with Gasteiger partial charge in [0.2, 0.25) is 11.7 Å². The standard InChI is InChI=1S/C17H25N3O2/c1-12(2)14-5-7-15(8-6-14)17-18-16(22-19-17)11-20(4)10-9-13(3)21/h5-8,12-13,21H,9-11H2,1-4H3. The second kappa shape index (κ2) is 7.51. The fourth-order valence-electron chi connectivity index (χ4n) is 2.17. The van der Waals surface area contributed by atoms with Crippen molar-refractivity contribution in [2.45, 2.75) is 45.8 Å². The van der Waals surface area contributed by atoms with Crippen LogP contribution in [0.2, 0.25) is 0 Å². The van der Waals surface area contributed by atoms with Crippen molar-refractivity contribution in [3.8, 4) is 11.4 Å². The average Bonchev–Trinajstić information content (AvgIpc) is 2.93. The Balaban J connectivity index is 1.98. The summed E-state index contributed by atoms with van der Waals surface area (Å²) in [4.78, 5) is 6.50. The lowest BCUT2D eigenvalue weighted by molar-refractivity contribution is 0.158. The van der Waals surface area contributed by atoms with E-state index in [4.69, 9.17) is 4.52 Å². The number of aliphatic hydroxyl groups excluding tert-OH is 1. The Kier molecular flexibility index (Phi) is 5.69. The van der Waals surface area contributed by atoms with Crippen LogP contribution in [0.5, 0.6) is 0 Å². The smallest absolute Gasteiger partial charge is 0.241 e. The highest BCUT2D eigenvalue weighted by Crippen LogP contribution is 2.20. The highest BCUT2D eigenvalue weighted by Gasteiger charge is 2.11. The Labute approximate surface area is 132 Å². The molecule has 0 bridgehead atoms. The highest BCUT2D eigenvalue weighted by atomic mass is 16.5. The number of nitrogens with zero attached hydrogens (tertiary/aromatic N) is 3. The molecule has 2 aromatic rings. The Morgan fingerprint density at radius 3 is 2.45 bits per heavy atom. The molecule has 1 aromatic heterocycles. The molecular weight excluding hydrogens is 278 g/mol. The van der Waals surface area contributed by atoms with E-state index in [0.717, 1.165) is 18.5 Å². The number of hydrogen-bond donors (Lipinski definition) is 1. The quantitative estimate of drug-likeness (QED) is 0.851. The molecule has 120 valence electrons. The van der Waals surface area contributed by atoms with Gasteiger partial charge in [-0.2, -0.15) is 4.98 Å². The maximum absolute atomic E-state index is 9.30. The summed E-state index contributed by atoms with van der Waals surface area (Å²) < 4.78 is 5.31. The minimum atomic E-state index is -0.292. The summed E-state index contributed by atoms with van der Waals surface area (Å²) in [5, 5.41) is 13.4. The second-order valence-electron chi connectivity index (χ2n) is 6.16. The van der Waals surface area contributed by atoms with Crippen LogP contribution in [0.15, 0.2) is 28.8 Å². The molecule has 1 aromatic carbocycles. The maximum Gasteiger partial charge on any atom is 0.241 e. The zero-order chi connectivity index (χ0) is 16.1. The van der Waals surface area contributed by atoms with Crippen LogP contribution in [0.25, 0.3) is 11.4 Å². The Morgan fingerprint density at radius 1 is 1.18 bits per heavy atom. The van der Waals surface area contributed by atoms with Gasteiger partial charge in [-0.1, -0.05) is 43.3 Å². The number of hydrogen-bond acceptors (Lipinski definition) is 5. The van der Waals surface area contributed by atoms with Gasteiger partial charge in [0.1, 0.15) is 0 Å². The molecule has 1 unspecified atom stereocenters. The summed E-state index contributed by atoms with van der Waals surface area (Å²) in [6.45, 7) is 7.51. The zero-order valence-electron chi connectivity index (χ0n) is 13.8. The van der Waals surface area contributed by atoms with Gasteiger partial charge in [0.15, 0.2) is 0 Å². The molecule has 0 aliphatic heterocycles. The van der Waals surface area contributed by atoms with Crippen molar-refractivity contribution in [3.63, 3.8) is 0 Å². The average molecular weight is 303 g/mol. The number of aromatic nitrogens is 2. The fraction of sp³-hybridized carbons (Fsp3) is 0.529. The number of benzene rings is 1. The molecule has 2 rings (SSSR count). The molecule has 1 N–H and O–H groups in total. The van der Waals surface area contributed by atoms with E-state index < -0.39 is 0 Å². The molecule has 0 aliphatic rings. The lowest BCUT2D eigenvalue weighted by Crippen LogP contribution is -2.22. The van der Waals surface area contributed by atoms with Crippen LogP contribution in [0.4, 0.5) is 0 Å². The van der Waals surface area contributed by atoms with Crippen molar-refractivity contribution >= 4 is 0 Å². The van der Waals surface area contributed by atoms with Crippen LogP contribution in [0.3, 0.4) is 0 Å².